The largest absolute Gasteiger partial charge is 0.493 e. The Morgan fingerprint density at radius 1 is 0.973 bits per heavy atom. The van der Waals surface area contributed by atoms with E-state index in [2.05, 4.69) is 15.1 Å². The van der Waals surface area contributed by atoms with Gasteiger partial charge in [0, 0.05) is 41.3 Å². The molecule has 196 valence electrons. The van der Waals surface area contributed by atoms with Gasteiger partial charge in [0.15, 0.2) is 11.5 Å². The van der Waals surface area contributed by atoms with Crippen molar-refractivity contribution in [3.63, 3.8) is 0 Å². The molecule has 0 bridgehead atoms. The highest BCUT2D eigenvalue weighted by molar-refractivity contribution is 6.30. The van der Waals surface area contributed by atoms with E-state index in [1.54, 1.807) is 14.2 Å². The summed E-state index contributed by atoms with van der Waals surface area (Å²) in [4.78, 5) is 26.6. The van der Waals surface area contributed by atoms with E-state index in [-0.39, 0.29) is 12.0 Å². The van der Waals surface area contributed by atoms with Crippen molar-refractivity contribution in [1.82, 2.24) is 14.9 Å². The minimum atomic E-state index is -0.129. The number of halogens is 1. The van der Waals surface area contributed by atoms with Crippen LogP contribution >= 0.6 is 11.6 Å². The number of methoxy groups -OCH3 is 3. The Morgan fingerprint density at radius 3 is 2.35 bits per heavy atom. The maximum atomic E-state index is 12.3. The van der Waals surface area contributed by atoms with Crippen LogP contribution in [0.25, 0.3) is 10.9 Å². The third kappa shape index (κ3) is 5.24. The van der Waals surface area contributed by atoms with Gasteiger partial charge in [-0.2, -0.15) is 4.98 Å². The van der Waals surface area contributed by atoms with Crippen LogP contribution < -0.4 is 19.7 Å². The van der Waals surface area contributed by atoms with E-state index in [9.17, 15) is 4.79 Å². The zero-order valence-corrected chi connectivity index (χ0v) is 22.1. The van der Waals surface area contributed by atoms with Gasteiger partial charge < -0.3 is 24.4 Å². The Labute approximate surface area is 221 Å². The lowest BCUT2D eigenvalue weighted by molar-refractivity contribution is -0.146. The van der Waals surface area contributed by atoms with Crippen molar-refractivity contribution >= 4 is 45.9 Å². The van der Waals surface area contributed by atoms with Gasteiger partial charge in [-0.1, -0.05) is 11.6 Å². The summed E-state index contributed by atoms with van der Waals surface area (Å²) >= 11 is 6.08. The van der Waals surface area contributed by atoms with Crippen LogP contribution in [0.3, 0.4) is 0 Å². The molecule has 3 heterocycles. The highest BCUT2D eigenvalue weighted by Gasteiger charge is 2.37. The number of nitrogens with zero attached hydrogens (tertiary/aromatic N) is 4. The zero-order valence-electron chi connectivity index (χ0n) is 21.4. The molecule has 1 N–H and O–H groups in total. The second kappa shape index (κ2) is 11.0. The lowest BCUT2D eigenvalue weighted by Gasteiger charge is -2.38. The molecule has 2 fully saturated rings. The lowest BCUT2D eigenvalue weighted by Crippen LogP contribution is -2.49. The molecule has 1 atom stereocenters. The van der Waals surface area contributed by atoms with Gasteiger partial charge >= 0.3 is 5.97 Å². The van der Waals surface area contributed by atoms with Gasteiger partial charge in [-0.15, -0.1) is 0 Å². The molecule has 1 aromatic heterocycles. The fraction of sp³-hybridized carbons (Fsp3) is 0.444. The Bertz CT molecular complexity index is 1260. The second-order valence-electron chi connectivity index (χ2n) is 9.37. The van der Waals surface area contributed by atoms with Gasteiger partial charge in [-0.05, 0) is 62.6 Å². The molecule has 9 nitrogen and oxygen atoms in total. The normalized spacial score (nSPS) is 18.7. The third-order valence-electron chi connectivity index (χ3n) is 7.28. The van der Waals surface area contributed by atoms with Crippen molar-refractivity contribution in [2.75, 3.05) is 51.2 Å². The maximum absolute atomic E-state index is 12.3. The molecule has 0 spiro atoms. The van der Waals surface area contributed by atoms with E-state index in [1.165, 1.54) is 7.11 Å². The number of hydrogen-bond donors (Lipinski definition) is 1. The first-order valence-corrected chi connectivity index (χ1v) is 12.9. The molecule has 0 radical (unpaired) electrons. The number of rotatable bonds is 7. The van der Waals surface area contributed by atoms with Gasteiger partial charge in [-0.25, -0.2) is 4.98 Å². The number of piperidine rings is 1. The molecule has 0 saturated carbocycles. The number of likely N-dealkylation sites (tertiary alicyclic amines) is 1. The third-order valence-corrected chi connectivity index (χ3v) is 7.53. The van der Waals surface area contributed by atoms with Crippen molar-refractivity contribution in [3.8, 4) is 11.5 Å². The molecule has 0 unspecified atom stereocenters. The standard InChI is InChI=1S/C27H32ClN5O4/c1-35-23-15-20-21(16-24(23)36-2)30-27(31-25(20)29-18-8-6-17(28)7-9-18)32-13-10-19(11-14-32)33-12-4-5-22(33)26(34)37-3/h6-9,15-16,19,22H,4-5,10-14H2,1-3H3,(H,29,30,31)/t22-/m0/s1. The van der Waals surface area contributed by atoms with Crippen LogP contribution in [0, 0.1) is 0 Å². The molecular weight excluding hydrogens is 494 g/mol. The SMILES string of the molecule is COC(=O)[C@@H]1CCCN1C1CCN(c2nc(Nc3ccc(Cl)cc3)c3cc(OC)c(OC)cc3n2)CC1. The first kappa shape index (κ1) is 25.4. The van der Waals surface area contributed by atoms with E-state index < -0.39 is 0 Å². The first-order valence-electron chi connectivity index (χ1n) is 12.6. The number of nitrogens with one attached hydrogen (secondary N) is 1. The molecule has 0 aliphatic carbocycles. The number of fused-ring (bicyclic) bond motifs is 1. The molecule has 2 aromatic carbocycles. The van der Waals surface area contributed by atoms with Gasteiger partial charge in [-0.3, -0.25) is 9.69 Å². The summed E-state index contributed by atoms with van der Waals surface area (Å²) in [5.74, 6) is 2.42. The number of hydrogen-bond acceptors (Lipinski definition) is 9. The van der Waals surface area contributed by atoms with Gasteiger partial charge in [0.25, 0.3) is 0 Å². The molecular formula is C27H32ClN5O4. The molecule has 5 rings (SSSR count). The summed E-state index contributed by atoms with van der Waals surface area (Å²) in [6, 6.07) is 11.5. The summed E-state index contributed by atoms with van der Waals surface area (Å²) in [5.41, 5.74) is 1.62. The zero-order chi connectivity index (χ0) is 25.9. The van der Waals surface area contributed by atoms with Crippen molar-refractivity contribution in [3.05, 3.63) is 41.4 Å². The van der Waals surface area contributed by atoms with E-state index in [1.807, 2.05) is 36.4 Å². The molecule has 2 aliphatic heterocycles. The van der Waals surface area contributed by atoms with Crippen molar-refractivity contribution in [1.29, 1.82) is 0 Å². The molecule has 10 heteroatoms. The second-order valence-corrected chi connectivity index (χ2v) is 9.80. The summed E-state index contributed by atoms with van der Waals surface area (Å²) < 4.78 is 16.1. The number of anilines is 3. The summed E-state index contributed by atoms with van der Waals surface area (Å²) in [7, 11) is 4.70. The highest BCUT2D eigenvalue weighted by atomic mass is 35.5. The number of esters is 1. The monoisotopic (exact) mass is 525 g/mol. The number of aromatic nitrogens is 2. The predicted molar refractivity (Wildman–Crippen MR) is 144 cm³/mol. The lowest BCUT2D eigenvalue weighted by atomic mass is 10.0. The number of ether oxygens (including phenoxy) is 3. The van der Waals surface area contributed by atoms with Crippen LogP contribution in [0.5, 0.6) is 11.5 Å². The molecule has 0 amide bonds. The van der Waals surface area contributed by atoms with Gasteiger partial charge in [0.05, 0.1) is 26.8 Å². The van der Waals surface area contributed by atoms with Crippen LogP contribution in [0.2, 0.25) is 5.02 Å². The van der Waals surface area contributed by atoms with Gasteiger partial charge in [0.2, 0.25) is 5.95 Å². The Morgan fingerprint density at radius 2 is 1.68 bits per heavy atom. The average molecular weight is 526 g/mol. The van der Waals surface area contributed by atoms with Crippen LogP contribution in [0.1, 0.15) is 25.7 Å². The first-order chi connectivity index (χ1) is 18.0. The Kier molecular flexibility index (Phi) is 7.53. The smallest absolute Gasteiger partial charge is 0.323 e. The van der Waals surface area contributed by atoms with Crippen molar-refractivity contribution in [2.24, 2.45) is 0 Å². The van der Waals surface area contributed by atoms with Crippen LogP contribution in [-0.4, -0.2) is 73.9 Å². The highest BCUT2D eigenvalue weighted by Crippen LogP contribution is 2.37. The fourth-order valence-electron chi connectivity index (χ4n) is 5.36. The summed E-state index contributed by atoms with van der Waals surface area (Å²) in [5, 5.41) is 4.92. The van der Waals surface area contributed by atoms with E-state index in [0.717, 1.165) is 61.9 Å². The quantitative estimate of drug-likeness (QED) is 0.443. The van der Waals surface area contributed by atoms with Crippen LogP contribution in [-0.2, 0) is 9.53 Å². The molecule has 3 aromatic rings. The number of carbonyl (C=O) groups is 1. The van der Waals surface area contributed by atoms with E-state index >= 15 is 0 Å². The number of carbonyl (C=O) groups excluding carboxylic acids is 1. The van der Waals surface area contributed by atoms with Crippen LogP contribution in [0.15, 0.2) is 36.4 Å². The van der Waals surface area contributed by atoms with Gasteiger partial charge in [0.1, 0.15) is 11.9 Å². The predicted octanol–water partition coefficient (Wildman–Crippen LogP) is 4.65. The van der Waals surface area contributed by atoms with Crippen LogP contribution in [0.4, 0.5) is 17.5 Å². The summed E-state index contributed by atoms with van der Waals surface area (Å²) in [6.45, 7) is 2.54. The fourth-order valence-corrected chi connectivity index (χ4v) is 5.49. The Hall–Kier alpha value is -3.30. The van der Waals surface area contributed by atoms with Crippen molar-refractivity contribution < 1.29 is 19.0 Å². The minimum Gasteiger partial charge on any atom is -0.493 e. The summed E-state index contributed by atoms with van der Waals surface area (Å²) in [6.07, 6.45) is 3.76. The molecule has 2 saturated heterocycles. The maximum Gasteiger partial charge on any atom is 0.323 e. The number of benzene rings is 2. The van der Waals surface area contributed by atoms with E-state index in [0.29, 0.717) is 34.3 Å². The topological polar surface area (TPSA) is 89.1 Å². The molecule has 2 aliphatic rings. The minimum absolute atomic E-state index is 0.125. The van der Waals surface area contributed by atoms with Crippen molar-refractivity contribution in [2.45, 2.75) is 37.8 Å². The Balaban J connectivity index is 1.43. The van der Waals surface area contributed by atoms with E-state index in [4.69, 9.17) is 35.8 Å². The molecule has 37 heavy (non-hydrogen) atoms. The average Bonchev–Trinajstić information content (AvgIpc) is 3.43.